The summed E-state index contributed by atoms with van der Waals surface area (Å²) in [6, 6.07) is 12.8. The van der Waals surface area contributed by atoms with Crippen molar-refractivity contribution < 1.29 is 23.8 Å². The van der Waals surface area contributed by atoms with Crippen LogP contribution in [0.3, 0.4) is 0 Å². The van der Waals surface area contributed by atoms with E-state index in [0.717, 1.165) is 28.5 Å². The Bertz CT molecular complexity index is 1400. The number of hydrogen-bond acceptors (Lipinski definition) is 7. The van der Waals surface area contributed by atoms with Crippen molar-refractivity contribution >= 4 is 17.6 Å². The first kappa shape index (κ1) is 22.3. The lowest BCUT2D eigenvalue weighted by Gasteiger charge is -2.27. The number of carbonyl (C=O) groups excluding carboxylic acids is 1. The number of benzene rings is 2. The standard InChI is InChI=1S/C26H22N4O5/c1-15-29-30-25(35-15)18-7-8-22-19(12-18)26(9-10-34-22)13-20(26)24(33)28-21-11-16(14-27)5-6-17(21)3-2-4-23(31)32/h2,4-8,11-12,20H,3,9-10,13H2,1H3,(H,28,33)(H,31,32)/t20-,26-/m0/s1. The molecule has 9 heteroatoms. The first-order valence-electron chi connectivity index (χ1n) is 11.2. The summed E-state index contributed by atoms with van der Waals surface area (Å²) in [5, 5.41) is 29.1. The van der Waals surface area contributed by atoms with Gasteiger partial charge in [-0.1, -0.05) is 12.1 Å². The van der Waals surface area contributed by atoms with Gasteiger partial charge in [0.1, 0.15) is 5.75 Å². The summed E-state index contributed by atoms with van der Waals surface area (Å²) in [7, 11) is 0. The highest BCUT2D eigenvalue weighted by molar-refractivity contribution is 5.97. The van der Waals surface area contributed by atoms with E-state index in [1.54, 1.807) is 25.1 Å². The number of carbonyl (C=O) groups is 2. The molecule has 1 aliphatic heterocycles. The molecule has 176 valence electrons. The van der Waals surface area contributed by atoms with Crippen molar-refractivity contribution in [3.05, 3.63) is 71.1 Å². The van der Waals surface area contributed by atoms with Gasteiger partial charge in [-0.15, -0.1) is 10.2 Å². The lowest BCUT2D eigenvalue weighted by Crippen LogP contribution is -2.27. The highest BCUT2D eigenvalue weighted by Crippen LogP contribution is 2.61. The van der Waals surface area contributed by atoms with Crippen molar-refractivity contribution in [1.82, 2.24) is 10.2 Å². The normalized spacial score (nSPS) is 20.2. The van der Waals surface area contributed by atoms with Crippen LogP contribution in [0.1, 0.15) is 35.4 Å². The molecule has 2 atom stereocenters. The van der Waals surface area contributed by atoms with Crippen LogP contribution in [-0.2, 0) is 21.4 Å². The van der Waals surface area contributed by atoms with Gasteiger partial charge in [0.25, 0.3) is 0 Å². The maximum Gasteiger partial charge on any atom is 0.327 e. The van der Waals surface area contributed by atoms with Gasteiger partial charge in [0.05, 0.1) is 18.2 Å². The third-order valence-corrected chi connectivity index (χ3v) is 6.58. The molecule has 2 aliphatic rings. The zero-order valence-electron chi connectivity index (χ0n) is 18.9. The van der Waals surface area contributed by atoms with Gasteiger partial charge < -0.3 is 19.6 Å². The minimum atomic E-state index is -1.04. The summed E-state index contributed by atoms with van der Waals surface area (Å²) < 4.78 is 11.4. The van der Waals surface area contributed by atoms with E-state index in [2.05, 4.69) is 21.6 Å². The quantitative estimate of drug-likeness (QED) is 0.519. The number of fused-ring (bicyclic) bond motifs is 2. The van der Waals surface area contributed by atoms with Gasteiger partial charge in [0.2, 0.25) is 17.7 Å². The fraction of sp³-hybridized carbons (Fsp3) is 0.269. The number of aromatic nitrogens is 2. The number of nitrogens with one attached hydrogen (secondary N) is 1. The summed E-state index contributed by atoms with van der Waals surface area (Å²) in [5.74, 6) is 0.185. The first-order chi connectivity index (χ1) is 16.9. The maximum atomic E-state index is 13.4. The van der Waals surface area contributed by atoms with Crippen molar-refractivity contribution in [2.75, 3.05) is 11.9 Å². The van der Waals surface area contributed by atoms with Gasteiger partial charge in [-0.25, -0.2) is 4.79 Å². The Hall–Kier alpha value is -4.45. The molecule has 1 spiro atoms. The predicted molar refractivity (Wildman–Crippen MR) is 125 cm³/mol. The Labute approximate surface area is 201 Å². The Morgan fingerprint density at radius 1 is 1.29 bits per heavy atom. The number of allylic oxidation sites excluding steroid dienone is 1. The maximum absolute atomic E-state index is 13.4. The van der Waals surface area contributed by atoms with E-state index < -0.39 is 5.97 Å². The average molecular weight is 470 g/mol. The van der Waals surface area contributed by atoms with Crippen molar-refractivity contribution in [3.8, 4) is 23.3 Å². The van der Waals surface area contributed by atoms with Crippen molar-refractivity contribution in [3.63, 3.8) is 0 Å². The van der Waals surface area contributed by atoms with Crippen LogP contribution in [-0.4, -0.2) is 33.8 Å². The van der Waals surface area contributed by atoms with E-state index in [-0.39, 0.29) is 17.2 Å². The first-order valence-corrected chi connectivity index (χ1v) is 11.2. The molecule has 2 heterocycles. The number of nitriles is 1. The third-order valence-electron chi connectivity index (χ3n) is 6.58. The fourth-order valence-corrected chi connectivity index (χ4v) is 4.74. The van der Waals surface area contributed by atoms with E-state index in [1.807, 2.05) is 18.2 Å². The molecule has 1 aliphatic carbocycles. The molecular formula is C26H22N4O5. The minimum Gasteiger partial charge on any atom is -0.493 e. The lowest BCUT2D eigenvalue weighted by atomic mass is 9.86. The average Bonchev–Trinajstić information content (AvgIpc) is 3.40. The Balaban J connectivity index is 1.40. The molecule has 3 aromatic rings. The monoisotopic (exact) mass is 470 g/mol. The molecule has 0 unspecified atom stereocenters. The number of ether oxygens (including phenoxy) is 1. The van der Waals surface area contributed by atoms with Crippen LogP contribution in [0.15, 0.2) is 53.0 Å². The molecule has 1 fully saturated rings. The molecule has 1 aromatic heterocycles. The number of amides is 1. The van der Waals surface area contributed by atoms with Gasteiger partial charge >= 0.3 is 5.97 Å². The second-order valence-electron chi connectivity index (χ2n) is 8.77. The summed E-state index contributed by atoms with van der Waals surface area (Å²) in [6.07, 6.45) is 4.26. The molecule has 2 N–H and O–H groups in total. The molecular weight excluding hydrogens is 448 g/mol. The number of aliphatic carboxylic acids is 1. The van der Waals surface area contributed by atoms with Crippen LogP contribution < -0.4 is 10.1 Å². The van der Waals surface area contributed by atoms with E-state index in [9.17, 15) is 14.9 Å². The summed E-state index contributed by atoms with van der Waals surface area (Å²) in [5.41, 5.74) is 3.02. The molecule has 0 saturated heterocycles. The van der Waals surface area contributed by atoms with E-state index >= 15 is 0 Å². The Morgan fingerprint density at radius 2 is 2.14 bits per heavy atom. The minimum absolute atomic E-state index is 0.143. The number of nitrogens with zero attached hydrogens (tertiary/aromatic N) is 3. The number of rotatable bonds is 6. The second kappa shape index (κ2) is 8.72. The van der Waals surface area contributed by atoms with Crippen LogP contribution in [0.5, 0.6) is 5.75 Å². The summed E-state index contributed by atoms with van der Waals surface area (Å²) in [6.45, 7) is 2.25. The molecule has 1 amide bonds. The van der Waals surface area contributed by atoms with Crippen LogP contribution in [0.4, 0.5) is 5.69 Å². The number of carboxylic acids is 1. The second-order valence-corrected chi connectivity index (χ2v) is 8.77. The highest BCUT2D eigenvalue weighted by atomic mass is 16.5. The smallest absolute Gasteiger partial charge is 0.327 e. The zero-order valence-corrected chi connectivity index (χ0v) is 18.9. The van der Waals surface area contributed by atoms with Crippen molar-refractivity contribution in [1.29, 1.82) is 5.26 Å². The fourth-order valence-electron chi connectivity index (χ4n) is 4.74. The van der Waals surface area contributed by atoms with Crippen LogP contribution >= 0.6 is 0 Å². The van der Waals surface area contributed by atoms with Gasteiger partial charge in [-0.05, 0) is 55.2 Å². The molecule has 1 saturated carbocycles. The number of aryl methyl sites for hydroxylation is 1. The highest BCUT2D eigenvalue weighted by Gasteiger charge is 2.61. The third kappa shape index (κ3) is 4.26. The largest absolute Gasteiger partial charge is 0.493 e. The predicted octanol–water partition coefficient (Wildman–Crippen LogP) is 3.78. The van der Waals surface area contributed by atoms with Gasteiger partial charge in [0, 0.05) is 41.1 Å². The molecule has 0 bridgehead atoms. The van der Waals surface area contributed by atoms with E-state index in [4.69, 9.17) is 14.3 Å². The van der Waals surface area contributed by atoms with Crippen LogP contribution in [0, 0.1) is 24.2 Å². The Morgan fingerprint density at radius 3 is 2.89 bits per heavy atom. The topological polar surface area (TPSA) is 138 Å². The van der Waals surface area contributed by atoms with Gasteiger partial charge in [0.15, 0.2) is 0 Å². The van der Waals surface area contributed by atoms with Gasteiger partial charge in [-0.3, -0.25) is 4.79 Å². The lowest BCUT2D eigenvalue weighted by molar-refractivity contribution is -0.131. The summed E-state index contributed by atoms with van der Waals surface area (Å²) >= 11 is 0. The van der Waals surface area contributed by atoms with Crippen LogP contribution in [0.2, 0.25) is 0 Å². The van der Waals surface area contributed by atoms with Crippen molar-refractivity contribution in [2.45, 2.75) is 31.6 Å². The SMILES string of the molecule is Cc1nnc(-c2ccc3c(c2)[C@]2(CCO3)C[C@H]2C(=O)Nc2cc(C#N)ccc2CC=CC(=O)O)o1. The van der Waals surface area contributed by atoms with E-state index in [1.165, 1.54) is 6.08 Å². The molecule has 5 rings (SSSR count). The Kier molecular flexibility index (Phi) is 5.57. The van der Waals surface area contributed by atoms with Crippen LogP contribution in [0.25, 0.3) is 11.5 Å². The molecule has 2 aromatic carbocycles. The number of anilines is 1. The number of carboxylic acid groups (broad SMARTS) is 1. The molecule has 35 heavy (non-hydrogen) atoms. The molecule has 9 nitrogen and oxygen atoms in total. The summed E-state index contributed by atoms with van der Waals surface area (Å²) in [4.78, 5) is 24.2. The van der Waals surface area contributed by atoms with Crippen molar-refractivity contribution in [2.24, 2.45) is 5.92 Å². The molecule has 0 radical (unpaired) electrons. The zero-order chi connectivity index (χ0) is 24.6. The van der Waals surface area contributed by atoms with Gasteiger partial charge in [-0.2, -0.15) is 5.26 Å². The number of hydrogen-bond donors (Lipinski definition) is 2. The van der Waals surface area contributed by atoms with E-state index in [0.29, 0.717) is 48.9 Å².